The van der Waals surface area contributed by atoms with Gasteiger partial charge in [0.25, 0.3) is 0 Å². The maximum absolute atomic E-state index is 12.2. The van der Waals surface area contributed by atoms with Crippen LogP contribution in [0.1, 0.15) is 59.8 Å². The third-order valence-corrected chi connectivity index (χ3v) is 4.44. The molecule has 2 aliphatic carbocycles. The molecule has 1 unspecified atom stereocenters. The molecule has 2 fully saturated rings. The van der Waals surface area contributed by atoms with Gasteiger partial charge < -0.3 is 10.6 Å². The van der Waals surface area contributed by atoms with Gasteiger partial charge in [-0.3, -0.25) is 4.79 Å². The minimum Gasteiger partial charge on any atom is -0.350 e. The van der Waals surface area contributed by atoms with Crippen LogP contribution in [0.3, 0.4) is 0 Å². The van der Waals surface area contributed by atoms with Crippen LogP contribution in [0.4, 0.5) is 0 Å². The zero-order chi connectivity index (χ0) is 13.3. The molecule has 0 aliphatic heterocycles. The Morgan fingerprint density at radius 1 is 1.22 bits per heavy atom. The Kier molecular flexibility index (Phi) is 4.00. The second-order valence-corrected chi connectivity index (χ2v) is 6.82. The first-order valence-electron chi connectivity index (χ1n) is 7.51. The lowest BCUT2D eigenvalue weighted by Gasteiger charge is -2.29. The van der Waals surface area contributed by atoms with E-state index in [0.29, 0.717) is 6.04 Å². The molecule has 2 saturated carbocycles. The molecule has 0 spiro atoms. The second kappa shape index (κ2) is 5.20. The number of hydrogen-bond donors (Lipinski definition) is 2. The van der Waals surface area contributed by atoms with E-state index in [0.717, 1.165) is 18.3 Å². The van der Waals surface area contributed by atoms with Crippen LogP contribution >= 0.6 is 0 Å². The van der Waals surface area contributed by atoms with Crippen molar-refractivity contribution in [2.24, 2.45) is 11.8 Å². The molecule has 1 amide bonds. The van der Waals surface area contributed by atoms with Gasteiger partial charge in [-0.05, 0) is 64.7 Å². The van der Waals surface area contributed by atoms with Crippen molar-refractivity contribution in [2.45, 2.75) is 77.4 Å². The minimum atomic E-state index is -0.0956. The molecule has 2 aliphatic rings. The van der Waals surface area contributed by atoms with E-state index < -0.39 is 0 Å². The summed E-state index contributed by atoms with van der Waals surface area (Å²) in [5.41, 5.74) is -0.0956. The second-order valence-electron chi connectivity index (χ2n) is 6.82. The molecule has 18 heavy (non-hydrogen) atoms. The normalized spacial score (nSPS) is 22.1. The van der Waals surface area contributed by atoms with Crippen LogP contribution in [0, 0.1) is 11.8 Å². The highest BCUT2D eigenvalue weighted by atomic mass is 16.2. The van der Waals surface area contributed by atoms with E-state index in [9.17, 15) is 4.79 Å². The lowest BCUT2D eigenvalue weighted by atomic mass is 10.0. The molecule has 0 aromatic heterocycles. The van der Waals surface area contributed by atoms with Gasteiger partial charge in [-0.1, -0.05) is 6.92 Å². The maximum atomic E-state index is 12.2. The summed E-state index contributed by atoms with van der Waals surface area (Å²) in [6, 6.07) is 0.525. The van der Waals surface area contributed by atoms with Crippen LogP contribution in [0.25, 0.3) is 0 Å². The topological polar surface area (TPSA) is 41.1 Å². The number of rotatable bonds is 7. The van der Waals surface area contributed by atoms with Crippen molar-refractivity contribution in [1.82, 2.24) is 10.6 Å². The molecule has 3 heteroatoms. The zero-order valence-electron chi connectivity index (χ0n) is 12.3. The van der Waals surface area contributed by atoms with Crippen molar-refractivity contribution in [1.29, 1.82) is 0 Å². The third kappa shape index (κ3) is 3.71. The van der Waals surface area contributed by atoms with Crippen molar-refractivity contribution in [3.8, 4) is 0 Å². The van der Waals surface area contributed by atoms with E-state index >= 15 is 0 Å². The van der Waals surface area contributed by atoms with E-state index in [-0.39, 0.29) is 17.5 Å². The summed E-state index contributed by atoms with van der Waals surface area (Å²) in [7, 11) is 0. The lowest BCUT2D eigenvalue weighted by Crippen LogP contribution is -2.53. The highest BCUT2D eigenvalue weighted by molar-refractivity contribution is 5.82. The van der Waals surface area contributed by atoms with Gasteiger partial charge >= 0.3 is 0 Å². The third-order valence-electron chi connectivity index (χ3n) is 4.44. The van der Waals surface area contributed by atoms with Crippen LogP contribution in [0.15, 0.2) is 0 Å². The molecule has 0 aromatic carbocycles. The van der Waals surface area contributed by atoms with Crippen LogP contribution in [0.5, 0.6) is 0 Å². The maximum Gasteiger partial charge on any atom is 0.237 e. The molecule has 3 nitrogen and oxygen atoms in total. The van der Waals surface area contributed by atoms with Crippen LogP contribution < -0.4 is 10.6 Å². The average molecular weight is 252 g/mol. The summed E-state index contributed by atoms with van der Waals surface area (Å²) in [5, 5.41) is 6.70. The smallest absolute Gasteiger partial charge is 0.237 e. The van der Waals surface area contributed by atoms with Gasteiger partial charge in [-0.2, -0.15) is 0 Å². The quantitative estimate of drug-likeness (QED) is 0.731. The Morgan fingerprint density at radius 3 is 2.11 bits per heavy atom. The minimum absolute atomic E-state index is 0.0676. The van der Waals surface area contributed by atoms with E-state index in [1.807, 2.05) is 6.92 Å². The first kappa shape index (κ1) is 13.9. The van der Waals surface area contributed by atoms with E-state index in [1.165, 1.54) is 25.7 Å². The number of nitrogens with one attached hydrogen (secondary N) is 2. The fraction of sp³-hybridized carbons (Fsp3) is 0.933. The lowest BCUT2D eigenvalue weighted by molar-refractivity contribution is -0.124. The fourth-order valence-corrected chi connectivity index (χ4v) is 2.46. The summed E-state index contributed by atoms with van der Waals surface area (Å²) in [6.07, 6.45) is 6.36. The number of hydrogen-bond acceptors (Lipinski definition) is 2. The number of carbonyl (C=O) groups is 1. The Labute approximate surface area is 111 Å². The zero-order valence-corrected chi connectivity index (χ0v) is 12.3. The molecule has 0 heterocycles. The van der Waals surface area contributed by atoms with Gasteiger partial charge in [-0.25, -0.2) is 0 Å². The summed E-state index contributed by atoms with van der Waals surface area (Å²) >= 11 is 0. The Balaban J connectivity index is 1.82. The van der Waals surface area contributed by atoms with Crippen LogP contribution in [-0.4, -0.2) is 23.5 Å². The highest BCUT2D eigenvalue weighted by Crippen LogP contribution is 2.44. The molecule has 0 radical (unpaired) electrons. The predicted octanol–water partition coefficient (Wildman–Crippen LogP) is 2.46. The van der Waals surface area contributed by atoms with Gasteiger partial charge in [0, 0.05) is 11.6 Å². The summed E-state index contributed by atoms with van der Waals surface area (Å²) in [4.78, 5) is 12.2. The van der Waals surface area contributed by atoms with Gasteiger partial charge in [0.2, 0.25) is 5.91 Å². The molecule has 1 atom stereocenters. The van der Waals surface area contributed by atoms with Crippen molar-refractivity contribution < 1.29 is 4.79 Å². The van der Waals surface area contributed by atoms with Crippen LogP contribution in [0.2, 0.25) is 0 Å². The van der Waals surface area contributed by atoms with Crippen LogP contribution in [-0.2, 0) is 4.79 Å². The largest absolute Gasteiger partial charge is 0.350 e. The highest BCUT2D eigenvalue weighted by Gasteiger charge is 2.42. The van der Waals surface area contributed by atoms with Gasteiger partial charge in [0.15, 0.2) is 0 Å². The Bertz CT molecular complexity index is 294. The Morgan fingerprint density at radius 2 is 1.72 bits per heavy atom. The first-order chi connectivity index (χ1) is 8.43. The average Bonchev–Trinajstić information content (AvgIpc) is 3.16. The molecule has 2 N–H and O–H groups in total. The molecule has 0 bridgehead atoms. The van der Waals surface area contributed by atoms with Crippen molar-refractivity contribution in [2.75, 3.05) is 0 Å². The summed E-state index contributed by atoms with van der Waals surface area (Å²) in [6.45, 7) is 8.27. The number of carbonyl (C=O) groups excluding carboxylic acids is 1. The summed E-state index contributed by atoms with van der Waals surface area (Å²) in [5.74, 6) is 1.83. The molecular formula is C15H28N2O. The van der Waals surface area contributed by atoms with Gasteiger partial charge in [0.05, 0.1) is 6.04 Å². The van der Waals surface area contributed by atoms with E-state index in [1.54, 1.807) is 0 Å². The van der Waals surface area contributed by atoms with Gasteiger partial charge in [0.1, 0.15) is 0 Å². The van der Waals surface area contributed by atoms with Crippen molar-refractivity contribution >= 4 is 5.91 Å². The van der Waals surface area contributed by atoms with Crippen molar-refractivity contribution in [3.05, 3.63) is 0 Å². The van der Waals surface area contributed by atoms with Crippen molar-refractivity contribution in [3.63, 3.8) is 0 Å². The Hall–Kier alpha value is -0.570. The molecule has 2 rings (SSSR count). The first-order valence-corrected chi connectivity index (χ1v) is 7.51. The molecule has 0 saturated heterocycles. The van der Waals surface area contributed by atoms with Gasteiger partial charge in [-0.15, -0.1) is 0 Å². The molecule has 0 aromatic rings. The molecule has 104 valence electrons. The number of amides is 1. The molecular weight excluding hydrogens is 224 g/mol. The predicted molar refractivity (Wildman–Crippen MR) is 74.3 cm³/mol. The SMILES string of the molecule is CCC(C)(C)NC(=O)C(C)NC(C1CC1)C1CC1. The monoisotopic (exact) mass is 252 g/mol. The van der Waals surface area contributed by atoms with E-state index in [4.69, 9.17) is 0 Å². The van der Waals surface area contributed by atoms with E-state index in [2.05, 4.69) is 31.4 Å². The standard InChI is InChI=1S/C15H28N2O/c1-5-15(3,4)17-14(18)10(2)16-13(11-6-7-11)12-8-9-12/h10-13,16H,5-9H2,1-4H3,(H,17,18). The summed E-state index contributed by atoms with van der Waals surface area (Å²) < 4.78 is 0. The fourth-order valence-electron chi connectivity index (χ4n) is 2.46.